The van der Waals surface area contributed by atoms with Crippen LogP contribution in [0.3, 0.4) is 0 Å². The number of nitrogens with one attached hydrogen (secondary N) is 1. The third-order valence-electron chi connectivity index (χ3n) is 7.23. The van der Waals surface area contributed by atoms with Crippen molar-refractivity contribution in [1.82, 2.24) is 14.8 Å². The number of halogens is 1. The van der Waals surface area contributed by atoms with E-state index >= 15 is 0 Å². The van der Waals surface area contributed by atoms with E-state index in [1.807, 2.05) is 26.0 Å². The zero-order chi connectivity index (χ0) is 25.1. The van der Waals surface area contributed by atoms with Crippen LogP contribution >= 0.6 is 0 Å². The predicted molar refractivity (Wildman–Crippen MR) is 130 cm³/mol. The molecule has 1 unspecified atom stereocenters. The van der Waals surface area contributed by atoms with Crippen LogP contribution in [0.25, 0.3) is 27.5 Å². The third kappa shape index (κ3) is 3.58. The zero-order valence-corrected chi connectivity index (χ0v) is 20.1. The number of aromatic nitrogens is 3. The number of aromatic amines is 1. The highest BCUT2D eigenvalue weighted by Gasteiger charge is 2.46. The summed E-state index contributed by atoms with van der Waals surface area (Å²) < 4.78 is 22.1. The molecule has 0 amide bonds. The van der Waals surface area contributed by atoms with Gasteiger partial charge in [-0.05, 0) is 61.7 Å². The summed E-state index contributed by atoms with van der Waals surface area (Å²) in [6, 6.07) is 11.4. The van der Waals surface area contributed by atoms with E-state index in [4.69, 9.17) is 4.74 Å². The largest absolute Gasteiger partial charge is 0.479 e. The average molecular weight is 475 g/mol. The van der Waals surface area contributed by atoms with Gasteiger partial charge in [0.05, 0.1) is 29.9 Å². The first-order valence-corrected chi connectivity index (χ1v) is 11.6. The fourth-order valence-electron chi connectivity index (χ4n) is 5.35. The molecule has 1 fully saturated rings. The summed E-state index contributed by atoms with van der Waals surface area (Å²) >= 11 is 0. The molecule has 7 nitrogen and oxygen atoms in total. The number of rotatable bonds is 5. The van der Waals surface area contributed by atoms with Crippen LogP contribution in [0.4, 0.5) is 4.39 Å². The van der Waals surface area contributed by atoms with Crippen molar-refractivity contribution in [1.29, 1.82) is 5.26 Å². The van der Waals surface area contributed by atoms with Gasteiger partial charge >= 0.3 is 5.97 Å². The Kier molecular flexibility index (Phi) is 5.22. The SMILES string of the molecule is Cc1cc(-n2c(C(C)(C)CC#N)c(C3CO[C@](C)(C(=O)O)C3)c3cc4[nH]ncc4cc32)ccc1F. The Labute approximate surface area is 202 Å². The number of carbonyl (C=O) groups is 1. The molecule has 0 bridgehead atoms. The van der Waals surface area contributed by atoms with E-state index in [9.17, 15) is 19.6 Å². The van der Waals surface area contributed by atoms with Crippen LogP contribution in [0.1, 0.15) is 56.4 Å². The van der Waals surface area contributed by atoms with Crippen molar-refractivity contribution in [2.45, 2.75) is 57.5 Å². The molecule has 8 heteroatoms. The highest BCUT2D eigenvalue weighted by molar-refractivity contribution is 5.99. The van der Waals surface area contributed by atoms with E-state index in [0.717, 1.165) is 38.8 Å². The topological polar surface area (TPSA) is 104 Å². The molecular weight excluding hydrogens is 447 g/mol. The Morgan fingerprint density at radius 2 is 2.17 bits per heavy atom. The molecule has 1 saturated heterocycles. The fraction of sp³-hybridized carbons (Fsp3) is 0.370. The van der Waals surface area contributed by atoms with Crippen molar-refractivity contribution in [3.63, 3.8) is 0 Å². The number of fused-ring (bicyclic) bond motifs is 2. The Bertz CT molecular complexity index is 1530. The molecule has 2 aromatic carbocycles. The van der Waals surface area contributed by atoms with Crippen LogP contribution in [-0.2, 0) is 14.9 Å². The average Bonchev–Trinajstić information content (AvgIpc) is 3.50. The maximum atomic E-state index is 14.2. The molecule has 0 aliphatic carbocycles. The van der Waals surface area contributed by atoms with E-state index in [1.54, 1.807) is 32.2 Å². The smallest absolute Gasteiger partial charge is 0.335 e. The number of aliphatic carboxylic acids is 1. The first kappa shape index (κ1) is 23.1. The van der Waals surface area contributed by atoms with Gasteiger partial charge in [-0.2, -0.15) is 10.4 Å². The molecule has 0 spiro atoms. The monoisotopic (exact) mass is 474 g/mol. The summed E-state index contributed by atoms with van der Waals surface area (Å²) in [5, 5.41) is 28.5. The van der Waals surface area contributed by atoms with Crippen LogP contribution in [-0.4, -0.2) is 38.0 Å². The van der Waals surface area contributed by atoms with Crippen LogP contribution in [0.15, 0.2) is 36.5 Å². The van der Waals surface area contributed by atoms with Crippen molar-refractivity contribution < 1.29 is 19.0 Å². The van der Waals surface area contributed by atoms with Crippen molar-refractivity contribution in [2.24, 2.45) is 0 Å². The number of hydrogen-bond donors (Lipinski definition) is 2. The van der Waals surface area contributed by atoms with Gasteiger partial charge in [0.2, 0.25) is 0 Å². The summed E-state index contributed by atoms with van der Waals surface area (Å²) in [7, 11) is 0. The maximum absolute atomic E-state index is 14.2. The lowest BCUT2D eigenvalue weighted by Crippen LogP contribution is -2.34. The number of ether oxygens (including phenoxy) is 1. The van der Waals surface area contributed by atoms with Gasteiger partial charge in [-0.3, -0.25) is 5.10 Å². The summed E-state index contributed by atoms with van der Waals surface area (Å²) in [6.45, 7) is 7.61. The number of aryl methyl sites for hydroxylation is 1. The van der Waals surface area contributed by atoms with Crippen molar-refractivity contribution in [2.75, 3.05) is 6.61 Å². The van der Waals surface area contributed by atoms with Gasteiger partial charge in [-0.1, -0.05) is 13.8 Å². The molecule has 3 heterocycles. The van der Waals surface area contributed by atoms with E-state index in [2.05, 4.69) is 20.8 Å². The molecule has 0 saturated carbocycles. The highest BCUT2D eigenvalue weighted by atomic mass is 19.1. The minimum Gasteiger partial charge on any atom is -0.479 e. The van der Waals surface area contributed by atoms with Crippen molar-refractivity contribution in [3.05, 3.63) is 59.2 Å². The molecule has 4 aromatic rings. The molecule has 2 N–H and O–H groups in total. The molecule has 5 rings (SSSR count). The molecular formula is C27H27FN4O3. The Hall–Kier alpha value is -3.70. The molecule has 2 atom stereocenters. The second-order valence-corrected chi connectivity index (χ2v) is 10.3. The minimum absolute atomic E-state index is 0.199. The lowest BCUT2D eigenvalue weighted by atomic mass is 9.79. The number of carboxylic acid groups (broad SMARTS) is 1. The van der Waals surface area contributed by atoms with E-state index in [0.29, 0.717) is 12.0 Å². The highest BCUT2D eigenvalue weighted by Crippen LogP contribution is 2.47. The lowest BCUT2D eigenvalue weighted by Gasteiger charge is -2.28. The number of nitriles is 1. The van der Waals surface area contributed by atoms with Gasteiger partial charge in [-0.25, -0.2) is 9.18 Å². The van der Waals surface area contributed by atoms with Gasteiger partial charge in [0.15, 0.2) is 5.60 Å². The van der Waals surface area contributed by atoms with Gasteiger partial charge in [0, 0.05) is 39.9 Å². The Morgan fingerprint density at radius 1 is 1.40 bits per heavy atom. The standard InChI is InChI=1S/C27H27FN4O3/c1-15-9-18(5-6-20(15)28)32-22-10-16-13-30-31-21(16)11-19(22)23(24(32)26(2,3)7-8-29)17-12-27(4,25(33)34)35-14-17/h5-6,9-11,13,17H,7,12,14H2,1-4H3,(H,30,31)(H,33,34)/t17?,27-/m0/s1. The molecule has 0 radical (unpaired) electrons. The van der Waals surface area contributed by atoms with Gasteiger partial charge in [0.25, 0.3) is 0 Å². The number of benzene rings is 2. The molecule has 2 aromatic heterocycles. The Balaban J connectivity index is 1.89. The van der Waals surface area contributed by atoms with Crippen LogP contribution in [0, 0.1) is 24.1 Å². The Morgan fingerprint density at radius 3 is 2.83 bits per heavy atom. The van der Waals surface area contributed by atoms with E-state index < -0.39 is 17.0 Å². The van der Waals surface area contributed by atoms with Crippen LogP contribution < -0.4 is 0 Å². The summed E-state index contributed by atoms with van der Waals surface area (Å²) in [5.74, 6) is -1.48. The molecule has 180 valence electrons. The van der Waals surface area contributed by atoms with Gasteiger partial charge in [0.1, 0.15) is 5.82 Å². The van der Waals surface area contributed by atoms with Crippen molar-refractivity contribution in [3.8, 4) is 11.8 Å². The summed E-state index contributed by atoms with van der Waals surface area (Å²) in [6.07, 6.45) is 2.31. The van der Waals surface area contributed by atoms with Crippen LogP contribution in [0.2, 0.25) is 0 Å². The third-order valence-corrected chi connectivity index (χ3v) is 7.23. The fourth-order valence-corrected chi connectivity index (χ4v) is 5.35. The molecule has 1 aliphatic heterocycles. The lowest BCUT2D eigenvalue weighted by molar-refractivity contribution is -0.157. The number of carboxylic acids is 1. The zero-order valence-electron chi connectivity index (χ0n) is 20.1. The predicted octanol–water partition coefficient (Wildman–Crippen LogP) is 5.49. The maximum Gasteiger partial charge on any atom is 0.335 e. The first-order valence-electron chi connectivity index (χ1n) is 11.6. The minimum atomic E-state index is -1.29. The van der Waals surface area contributed by atoms with Crippen molar-refractivity contribution >= 4 is 27.8 Å². The van der Waals surface area contributed by atoms with Gasteiger partial charge in [-0.15, -0.1) is 0 Å². The second-order valence-electron chi connectivity index (χ2n) is 10.3. The number of hydrogen-bond acceptors (Lipinski definition) is 4. The van der Waals surface area contributed by atoms with E-state index in [1.165, 1.54) is 6.07 Å². The normalized spacial score (nSPS) is 20.5. The number of nitrogens with zero attached hydrogens (tertiary/aromatic N) is 3. The van der Waals surface area contributed by atoms with Crippen LogP contribution in [0.5, 0.6) is 0 Å². The second kappa shape index (κ2) is 7.92. The first-order chi connectivity index (χ1) is 16.6. The molecule has 1 aliphatic rings. The van der Waals surface area contributed by atoms with E-state index in [-0.39, 0.29) is 24.8 Å². The van der Waals surface area contributed by atoms with Gasteiger partial charge < -0.3 is 14.4 Å². The summed E-state index contributed by atoms with van der Waals surface area (Å²) in [4.78, 5) is 12.0. The number of H-pyrrole nitrogens is 1. The quantitative estimate of drug-likeness (QED) is 0.398. The molecule has 35 heavy (non-hydrogen) atoms. The summed E-state index contributed by atoms with van der Waals surface area (Å²) in [5.41, 5.74) is 3.04.